The van der Waals surface area contributed by atoms with Gasteiger partial charge in [0, 0.05) is 7.05 Å². The summed E-state index contributed by atoms with van der Waals surface area (Å²) in [5.74, 6) is 0.589. The number of aliphatic hydroxyl groups excluding tert-OH is 1. The number of hydrogen-bond acceptors (Lipinski definition) is 3. The van der Waals surface area contributed by atoms with E-state index >= 15 is 0 Å². The summed E-state index contributed by atoms with van der Waals surface area (Å²) >= 11 is 0. The molecule has 0 saturated heterocycles. The zero-order valence-electron chi connectivity index (χ0n) is 11.4. The maximum Gasteiger partial charge on any atom is 0.260 e. The lowest BCUT2D eigenvalue weighted by Crippen LogP contribution is -2.40. The molecule has 0 aliphatic rings. The summed E-state index contributed by atoms with van der Waals surface area (Å²) in [6.45, 7) is 5.65. The molecule has 1 N–H and O–H groups in total. The van der Waals surface area contributed by atoms with Gasteiger partial charge in [0.1, 0.15) is 5.75 Å². The van der Waals surface area contributed by atoms with Gasteiger partial charge < -0.3 is 14.7 Å². The molecule has 0 aliphatic carbocycles. The van der Waals surface area contributed by atoms with Crippen LogP contribution in [0.4, 0.5) is 0 Å². The van der Waals surface area contributed by atoms with E-state index in [9.17, 15) is 4.79 Å². The zero-order valence-corrected chi connectivity index (χ0v) is 11.4. The molecule has 0 fully saturated rings. The van der Waals surface area contributed by atoms with Gasteiger partial charge in [0.05, 0.1) is 12.6 Å². The van der Waals surface area contributed by atoms with E-state index in [-0.39, 0.29) is 25.2 Å². The van der Waals surface area contributed by atoms with Gasteiger partial charge in [-0.15, -0.1) is 0 Å². The number of ether oxygens (including phenoxy) is 1. The molecule has 1 atom stereocenters. The van der Waals surface area contributed by atoms with Crippen molar-refractivity contribution in [2.24, 2.45) is 0 Å². The van der Waals surface area contributed by atoms with Crippen molar-refractivity contribution >= 4 is 5.91 Å². The van der Waals surface area contributed by atoms with Crippen molar-refractivity contribution in [2.45, 2.75) is 26.8 Å². The van der Waals surface area contributed by atoms with Crippen LogP contribution in [0.5, 0.6) is 5.75 Å². The highest BCUT2D eigenvalue weighted by molar-refractivity contribution is 5.77. The number of likely N-dealkylation sites (N-methyl/N-ethyl adjacent to an activating group) is 1. The third-order valence-electron chi connectivity index (χ3n) is 3.01. The predicted octanol–water partition coefficient (Wildman–Crippen LogP) is 1.52. The van der Waals surface area contributed by atoms with Crippen LogP contribution < -0.4 is 4.74 Å². The van der Waals surface area contributed by atoms with Gasteiger partial charge in [-0.1, -0.05) is 12.1 Å². The standard InChI is InChI=1S/C14H21NO3/c1-10-5-6-11(2)13(7-10)18-9-14(17)15(4)12(3)8-16/h5-7,12,16H,8-9H2,1-4H3. The van der Waals surface area contributed by atoms with E-state index < -0.39 is 0 Å². The van der Waals surface area contributed by atoms with Crippen molar-refractivity contribution in [2.75, 3.05) is 20.3 Å². The van der Waals surface area contributed by atoms with Crippen LogP contribution >= 0.6 is 0 Å². The van der Waals surface area contributed by atoms with Crippen LogP contribution in [-0.4, -0.2) is 42.2 Å². The molecule has 0 heterocycles. The van der Waals surface area contributed by atoms with Gasteiger partial charge in [0.15, 0.2) is 6.61 Å². The van der Waals surface area contributed by atoms with Gasteiger partial charge in [-0.25, -0.2) is 0 Å². The van der Waals surface area contributed by atoms with Gasteiger partial charge in [0.25, 0.3) is 5.91 Å². The summed E-state index contributed by atoms with van der Waals surface area (Å²) in [6.07, 6.45) is 0. The maximum absolute atomic E-state index is 11.8. The Labute approximate surface area is 108 Å². The first-order valence-corrected chi connectivity index (χ1v) is 6.02. The average molecular weight is 251 g/mol. The molecule has 1 amide bonds. The summed E-state index contributed by atoms with van der Waals surface area (Å²) in [7, 11) is 1.66. The van der Waals surface area contributed by atoms with E-state index in [0.717, 1.165) is 16.9 Å². The zero-order chi connectivity index (χ0) is 13.7. The number of nitrogens with zero attached hydrogens (tertiary/aromatic N) is 1. The fourth-order valence-electron chi connectivity index (χ4n) is 1.47. The Kier molecular flexibility index (Phi) is 5.16. The van der Waals surface area contributed by atoms with Gasteiger partial charge >= 0.3 is 0 Å². The minimum Gasteiger partial charge on any atom is -0.483 e. The molecular weight excluding hydrogens is 230 g/mol. The smallest absolute Gasteiger partial charge is 0.260 e. The number of hydrogen-bond donors (Lipinski definition) is 1. The van der Waals surface area contributed by atoms with Crippen molar-refractivity contribution in [1.82, 2.24) is 4.90 Å². The first kappa shape index (κ1) is 14.5. The van der Waals surface area contributed by atoms with E-state index in [2.05, 4.69) is 0 Å². The summed E-state index contributed by atoms with van der Waals surface area (Å²) < 4.78 is 5.52. The number of amides is 1. The van der Waals surface area contributed by atoms with Gasteiger partial charge in [-0.3, -0.25) is 4.79 Å². The topological polar surface area (TPSA) is 49.8 Å². The van der Waals surface area contributed by atoms with Crippen LogP contribution in [0.1, 0.15) is 18.1 Å². The third kappa shape index (κ3) is 3.74. The molecule has 4 nitrogen and oxygen atoms in total. The lowest BCUT2D eigenvalue weighted by Gasteiger charge is -2.23. The highest BCUT2D eigenvalue weighted by atomic mass is 16.5. The third-order valence-corrected chi connectivity index (χ3v) is 3.01. The molecule has 1 unspecified atom stereocenters. The van der Waals surface area contributed by atoms with Crippen LogP contribution in [0.15, 0.2) is 18.2 Å². The minimum absolute atomic E-state index is 0.00880. The number of carbonyl (C=O) groups is 1. The van der Waals surface area contributed by atoms with E-state index in [0.29, 0.717) is 0 Å². The fraction of sp³-hybridized carbons (Fsp3) is 0.500. The van der Waals surface area contributed by atoms with Crippen LogP contribution in [0.2, 0.25) is 0 Å². The molecule has 0 saturated carbocycles. The van der Waals surface area contributed by atoms with Crippen molar-refractivity contribution in [3.05, 3.63) is 29.3 Å². The maximum atomic E-state index is 11.8. The lowest BCUT2D eigenvalue weighted by molar-refractivity contribution is -0.134. The second-order valence-corrected chi connectivity index (χ2v) is 4.59. The number of benzene rings is 1. The van der Waals surface area contributed by atoms with Crippen LogP contribution in [0, 0.1) is 13.8 Å². The lowest BCUT2D eigenvalue weighted by atomic mass is 10.1. The molecule has 0 aliphatic heterocycles. The Morgan fingerprint density at radius 2 is 2.11 bits per heavy atom. The molecule has 0 spiro atoms. The number of aliphatic hydroxyl groups is 1. The Morgan fingerprint density at radius 3 is 2.72 bits per heavy atom. The second-order valence-electron chi connectivity index (χ2n) is 4.59. The van der Waals surface area contributed by atoms with Crippen LogP contribution in [-0.2, 0) is 4.79 Å². The van der Waals surface area contributed by atoms with Gasteiger partial charge in [0.2, 0.25) is 0 Å². The SMILES string of the molecule is Cc1ccc(C)c(OCC(=O)N(C)C(C)CO)c1. The quantitative estimate of drug-likeness (QED) is 0.863. The highest BCUT2D eigenvalue weighted by Gasteiger charge is 2.15. The van der Waals surface area contributed by atoms with Crippen molar-refractivity contribution in [3.63, 3.8) is 0 Å². The molecule has 4 heteroatoms. The predicted molar refractivity (Wildman–Crippen MR) is 70.7 cm³/mol. The summed E-state index contributed by atoms with van der Waals surface area (Å²) in [5.41, 5.74) is 2.10. The normalized spacial score (nSPS) is 12.1. The molecule has 1 rings (SSSR count). The summed E-state index contributed by atoms with van der Waals surface area (Å²) in [6, 6.07) is 5.69. The van der Waals surface area contributed by atoms with Crippen LogP contribution in [0.3, 0.4) is 0 Å². The molecule has 0 bridgehead atoms. The monoisotopic (exact) mass is 251 g/mol. The van der Waals surface area contributed by atoms with E-state index in [4.69, 9.17) is 9.84 Å². The minimum atomic E-state index is -0.195. The van der Waals surface area contributed by atoms with E-state index in [1.54, 1.807) is 14.0 Å². The Bertz CT molecular complexity index is 418. The molecule has 0 aromatic heterocycles. The molecular formula is C14H21NO3. The van der Waals surface area contributed by atoms with Gasteiger partial charge in [-0.05, 0) is 38.0 Å². The highest BCUT2D eigenvalue weighted by Crippen LogP contribution is 2.19. The van der Waals surface area contributed by atoms with Gasteiger partial charge in [-0.2, -0.15) is 0 Å². The molecule has 1 aromatic carbocycles. The average Bonchev–Trinajstić information content (AvgIpc) is 2.37. The molecule has 1 aromatic rings. The largest absolute Gasteiger partial charge is 0.483 e. The number of aryl methyl sites for hydroxylation is 2. The van der Waals surface area contributed by atoms with E-state index in [1.807, 2.05) is 32.0 Å². The Balaban J connectivity index is 2.60. The number of rotatable bonds is 5. The Morgan fingerprint density at radius 1 is 1.44 bits per heavy atom. The first-order valence-electron chi connectivity index (χ1n) is 6.02. The second kappa shape index (κ2) is 6.40. The summed E-state index contributed by atoms with van der Waals surface area (Å²) in [5, 5.41) is 8.99. The van der Waals surface area contributed by atoms with Crippen molar-refractivity contribution < 1.29 is 14.6 Å². The Hall–Kier alpha value is -1.55. The van der Waals surface area contributed by atoms with Crippen LogP contribution in [0.25, 0.3) is 0 Å². The number of carbonyl (C=O) groups excluding carboxylic acids is 1. The molecule has 100 valence electrons. The first-order chi connectivity index (χ1) is 8.45. The fourth-order valence-corrected chi connectivity index (χ4v) is 1.47. The van der Waals surface area contributed by atoms with Crippen molar-refractivity contribution in [3.8, 4) is 5.75 Å². The molecule has 0 radical (unpaired) electrons. The molecule has 18 heavy (non-hydrogen) atoms. The summed E-state index contributed by atoms with van der Waals surface area (Å²) in [4.78, 5) is 13.3. The van der Waals surface area contributed by atoms with Crippen molar-refractivity contribution in [1.29, 1.82) is 0 Å². The van der Waals surface area contributed by atoms with E-state index in [1.165, 1.54) is 4.90 Å².